The normalized spacial score (nSPS) is 10.5. The minimum absolute atomic E-state index is 0.00809. The van der Waals surface area contributed by atoms with Crippen molar-refractivity contribution in [1.82, 2.24) is 0 Å². The van der Waals surface area contributed by atoms with Gasteiger partial charge >= 0.3 is 0 Å². The molecular formula is C20H26N2O2. The molecule has 0 heterocycles. The molecule has 2 rings (SSSR count). The second-order valence-electron chi connectivity index (χ2n) is 6.18. The smallest absolute Gasteiger partial charge is 0.226 e. The van der Waals surface area contributed by atoms with Gasteiger partial charge in [-0.1, -0.05) is 18.2 Å². The van der Waals surface area contributed by atoms with Crippen LogP contribution in [0.2, 0.25) is 0 Å². The molecule has 4 nitrogen and oxygen atoms in total. The van der Waals surface area contributed by atoms with Gasteiger partial charge in [0, 0.05) is 24.3 Å². The molecule has 0 aliphatic rings. The summed E-state index contributed by atoms with van der Waals surface area (Å²) in [6.07, 6.45) is 0.555. The highest BCUT2D eigenvalue weighted by molar-refractivity contribution is 5.91. The lowest BCUT2D eigenvalue weighted by molar-refractivity contribution is -0.115. The molecule has 0 saturated carbocycles. The summed E-state index contributed by atoms with van der Waals surface area (Å²) >= 11 is 0. The lowest BCUT2D eigenvalue weighted by Gasteiger charge is -2.13. The molecule has 1 amide bonds. The molecule has 2 aromatic carbocycles. The summed E-state index contributed by atoms with van der Waals surface area (Å²) in [4.78, 5) is 12.1. The molecule has 2 N–H and O–H groups in total. The number of carbonyl (C=O) groups excluding carboxylic acids is 1. The Morgan fingerprint density at radius 1 is 1.04 bits per heavy atom. The summed E-state index contributed by atoms with van der Waals surface area (Å²) in [5, 5.41) is 6.25. The minimum Gasteiger partial charge on any atom is -0.491 e. The number of ether oxygens (including phenoxy) is 1. The van der Waals surface area contributed by atoms with Crippen molar-refractivity contribution < 1.29 is 9.53 Å². The minimum atomic E-state index is -0.00809. The summed E-state index contributed by atoms with van der Waals surface area (Å²) in [5.41, 5.74) is 4.27. The molecule has 128 valence electrons. The van der Waals surface area contributed by atoms with Gasteiger partial charge in [-0.05, 0) is 63.1 Å². The standard InChI is InChI=1S/C20H26N2O2/c1-14(2)24-18-10-8-17(9-11-18)22-19(23)12-13-21-20-15(3)6-5-7-16(20)4/h5-11,14,21H,12-13H2,1-4H3,(H,22,23). The third-order valence-corrected chi connectivity index (χ3v) is 3.64. The van der Waals surface area contributed by atoms with Crippen LogP contribution in [-0.4, -0.2) is 18.6 Å². The van der Waals surface area contributed by atoms with Gasteiger partial charge in [0.1, 0.15) is 5.75 Å². The van der Waals surface area contributed by atoms with Gasteiger partial charge in [-0.25, -0.2) is 0 Å². The van der Waals surface area contributed by atoms with Gasteiger partial charge in [0.2, 0.25) is 5.91 Å². The van der Waals surface area contributed by atoms with Crippen LogP contribution in [-0.2, 0) is 4.79 Å². The number of benzene rings is 2. The molecule has 0 aromatic heterocycles. The Labute approximate surface area is 144 Å². The van der Waals surface area contributed by atoms with Crippen molar-refractivity contribution in [2.75, 3.05) is 17.2 Å². The number of rotatable bonds is 7. The predicted molar refractivity (Wildman–Crippen MR) is 99.9 cm³/mol. The number of anilines is 2. The molecule has 0 fully saturated rings. The summed E-state index contributed by atoms with van der Waals surface area (Å²) in [6, 6.07) is 13.6. The number of para-hydroxylation sites is 1. The molecule has 0 saturated heterocycles. The first-order valence-electron chi connectivity index (χ1n) is 8.32. The number of carbonyl (C=O) groups is 1. The van der Waals surface area contributed by atoms with Crippen molar-refractivity contribution in [3.05, 3.63) is 53.6 Å². The average Bonchev–Trinajstić information content (AvgIpc) is 2.52. The first-order chi connectivity index (χ1) is 11.5. The van der Waals surface area contributed by atoms with Crippen molar-refractivity contribution in [3.8, 4) is 5.75 Å². The third-order valence-electron chi connectivity index (χ3n) is 3.64. The Balaban J connectivity index is 1.81. The first-order valence-corrected chi connectivity index (χ1v) is 8.32. The number of hydrogen-bond donors (Lipinski definition) is 2. The summed E-state index contributed by atoms with van der Waals surface area (Å²) in [6.45, 7) is 8.70. The number of amides is 1. The van der Waals surface area contributed by atoms with E-state index < -0.39 is 0 Å². The van der Waals surface area contributed by atoms with Crippen molar-refractivity contribution in [3.63, 3.8) is 0 Å². The van der Waals surface area contributed by atoms with Gasteiger partial charge in [-0.2, -0.15) is 0 Å². The van der Waals surface area contributed by atoms with Gasteiger partial charge in [0.15, 0.2) is 0 Å². The second-order valence-corrected chi connectivity index (χ2v) is 6.18. The molecule has 0 radical (unpaired) electrons. The fourth-order valence-electron chi connectivity index (χ4n) is 2.51. The fourth-order valence-corrected chi connectivity index (χ4v) is 2.51. The fraction of sp³-hybridized carbons (Fsp3) is 0.350. The van der Waals surface area contributed by atoms with Gasteiger partial charge in [-0.15, -0.1) is 0 Å². The van der Waals surface area contributed by atoms with E-state index in [9.17, 15) is 4.79 Å². The van der Waals surface area contributed by atoms with E-state index in [4.69, 9.17) is 4.74 Å². The van der Waals surface area contributed by atoms with E-state index in [-0.39, 0.29) is 12.0 Å². The van der Waals surface area contributed by atoms with Crippen LogP contribution in [0.5, 0.6) is 5.75 Å². The highest BCUT2D eigenvalue weighted by atomic mass is 16.5. The SMILES string of the molecule is Cc1cccc(C)c1NCCC(=O)Nc1ccc(OC(C)C)cc1. The molecule has 0 atom stereocenters. The summed E-state index contributed by atoms with van der Waals surface area (Å²) in [5.74, 6) is 0.797. The topological polar surface area (TPSA) is 50.4 Å². The molecular weight excluding hydrogens is 300 g/mol. The van der Waals surface area contributed by atoms with E-state index in [0.29, 0.717) is 13.0 Å². The quantitative estimate of drug-likeness (QED) is 0.786. The lowest BCUT2D eigenvalue weighted by Crippen LogP contribution is -2.16. The van der Waals surface area contributed by atoms with Gasteiger partial charge in [0.05, 0.1) is 6.10 Å². The van der Waals surface area contributed by atoms with E-state index in [2.05, 4.69) is 36.6 Å². The average molecular weight is 326 g/mol. The van der Waals surface area contributed by atoms with Crippen LogP contribution in [0.15, 0.2) is 42.5 Å². The van der Waals surface area contributed by atoms with Crippen LogP contribution < -0.4 is 15.4 Å². The maximum absolute atomic E-state index is 12.1. The number of nitrogens with one attached hydrogen (secondary N) is 2. The molecule has 0 unspecified atom stereocenters. The molecule has 0 spiro atoms. The molecule has 2 aromatic rings. The Morgan fingerprint density at radius 2 is 1.67 bits per heavy atom. The Bertz CT molecular complexity index is 658. The second kappa shape index (κ2) is 8.39. The maximum Gasteiger partial charge on any atom is 0.226 e. The largest absolute Gasteiger partial charge is 0.491 e. The zero-order valence-electron chi connectivity index (χ0n) is 14.8. The van der Waals surface area contributed by atoms with Crippen LogP contribution in [0.3, 0.4) is 0 Å². The summed E-state index contributed by atoms with van der Waals surface area (Å²) < 4.78 is 5.59. The van der Waals surface area contributed by atoms with Crippen LogP contribution in [0.4, 0.5) is 11.4 Å². The number of aryl methyl sites for hydroxylation is 2. The van der Waals surface area contributed by atoms with Crippen molar-refractivity contribution in [2.45, 2.75) is 40.2 Å². The maximum atomic E-state index is 12.1. The van der Waals surface area contributed by atoms with Crippen molar-refractivity contribution in [1.29, 1.82) is 0 Å². The van der Waals surface area contributed by atoms with E-state index >= 15 is 0 Å². The molecule has 0 aliphatic heterocycles. The van der Waals surface area contributed by atoms with E-state index in [1.165, 1.54) is 11.1 Å². The molecule has 0 bridgehead atoms. The van der Waals surface area contributed by atoms with E-state index in [0.717, 1.165) is 17.1 Å². The van der Waals surface area contributed by atoms with Gasteiger partial charge in [0.25, 0.3) is 0 Å². The lowest BCUT2D eigenvalue weighted by atomic mass is 10.1. The number of hydrogen-bond acceptors (Lipinski definition) is 3. The zero-order valence-corrected chi connectivity index (χ0v) is 14.8. The molecule has 24 heavy (non-hydrogen) atoms. The highest BCUT2D eigenvalue weighted by Gasteiger charge is 2.05. The summed E-state index contributed by atoms with van der Waals surface area (Å²) in [7, 11) is 0. The van der Waals surface area contributed by atoms with E-state index in [1.54, 1.807) is 0 Å². The van der Waals surface area contributed by atoms with Crippen LogP contribution in [0, 0.1) is 13.8 Å². The van der Waals surface area contributed by atoms with E-state index in [1.807, 2.05) is 44.2 Å². The van der Waals surface area contributed by atoms with Crippen LogP contribution >= 0.6 is 0 Å². The predicted octanol–water partition coefficient (Wildman–Crippen LogP) is 4.53. The Morgan fingerprint density at radius 3 is 2.25 bits per heavy atom. The molecule has 0 aliphatic carbocycles. The van der Waals surface area contributed by atoms with Crippen molar-refractivity contribution in [2.24, 2.45) is 0 Å². The molecule has 4 heteroatoms. The van der Waals surface area contributed by atoms with Gasteiger partial charge in [-0.3, -0.25) is 4.79 Å². The van der Waals surface area contributed by atoms with Crippen molar-refractivity contribution >= 4 is 17.3 Å². The van der Waals surface area contributed by atoms with Gasteiger partial charge < -0.3 is 15.4 Å². The highest BCUT2D eigenvalue weighted by Crippen LogP contribution is 2.19. The zero-order chi connectivity index (χ0) is 17.5. The first kappa shape index (κ1) is 17.9. The third kappa shape index (κ3) is 5.30. The van der Waals surface area contributed by atoms with Crippen LogP contribution in [0.25, 0.3) is 0 Å². The monoisotopic (exact) mass is 326 g/mol. The Hall–Kier alpha value is -2.49. The van der Waals surface area contributed by atoms with Crippen LogP contribution in [0.1, 0.15) is 31.4 Å². The Kier molecular flexibility index (Phi) is 6.24.